The normalized spacial score (nSPS) is 15.0. The molecule has 47 heavy (non-hydrogen) atoms. The van der Waals surface area contributed by atoms with Crippen LogP contribution in [0.1, 0.15) is 29.3 Å². The molecule has 11 nitrogen and oxygen atoms in total. The number of rotatable bonds is 11. The fraction of sp³-hybridized carbons (Fsp3) is 0.118. The number of hydrogen-bond donors (Lipinski definition) is 3. The largest absolute Gasteiger partial charge is 0.494 e. The Morgan fingerprint density at radius 3 is 2.21 bits per heavy atom. The third-order valence-electron chi connectivity index (χ3n) is 6.95. The molecule has 1 heterocycles. The third kappa shape index (κ3) is 8.33. The highest BCUT2D eigenvalue weighted by atomic mass is 32.2. The predicted molar refractivity (Wildman–Crippen MR) is 179 cm³/mol. The number of imide groups is 1. The quantitative estimate of drug-likeness (QED) is 0.154. The molecule has 1 fully saturated rings. The number of carbonyl (C=O) groups excluding carboxylic acids is 4. The number of nitrogens with one attached hydrogen (secondary N) is 2. The Kier molecular flexibility index (Phi) is 10.2. The molecule has 4 aromatic rings. The summed E-state index contributed by atoms with van der Waals surface area (Å²) in [6, 6.07) is 27.5. The van der Waals surface area contributed by atoms with Gasteiger partial charge in [-0.2, -0.15) is 0 Å². The van der Waals surface area contributed by atoms with Gasteiger partial charge in [-0.1, -0.05) is 30.3 Å². The topological polar surface area (TPSA) is 165 Å². The third-order valence-corrected chi connectivity index (χ3v) is 9.08. The van der Waals surface area contributed by atoms with Gasteiger partial charge in [-0.3, -0.25) is 19.2 Å². The lowest BCUT2D eigenvalue weighted by Gasteiger charge is -2.15. The zero-order valence-corrected chi connectivity index (χ0v) is 26.7. The summed E-state index contributed by atoms with van der Waals surface area (Å²) >= 11 is 1.20. The Morgan fingerprint density at radius 2 is 1.60 bits per heavy atom. The van der Waals surface area contributed by atoms with Gasteiger partial charge in [0, 0.05) is 22.6 Å². The molecule has 0 aromatic heterocycles. The average Bonchev–Trinajstić information content (AvgIpc) is 3.34. The minimum Gasteiger partial charge on any atom is -0.494 e. The Bertz CT molecular complexity index is 1930. The summed E-state index contributed by atoms with van der Waals surface area (Å²) in [4.78, 5) is 53.7. The van der Waals surface area contributed by atoms with Gasteiger partial charge >= 0.3 is 0 Å². The first kappa shape index (κ1) is 33.1. The maximum absolute atomic E-state index is 13.4. The molecule has 1 saturated heterocycles. The van der Waals surface area contributed by atoms with E-state index in [1.54, 1.807) is 84.9 Å². The standard InChI is InChI=1S/C34H30N4O7S2/c1-2-45-26-14-8-22(9-15-26)20-29(37-32(40)23-6-4-3-5-7-23)33(41)36-24-10-16-27(17-11-24)46-30-21-31(39)38(34(30)42)25-12-18-28(19-13-25)47(35,43)44/h3-20,30H,2,21H2,1H3,(H,36,41)(H,37,40)(H2,35,43,44)/b29-20-. The SMILES string of the molecule is CCOc1ccc(/C=C(\NC(=O)c2ccccc2)C(=O)Nc2ccc(SC3CC(=O)N(c4ccc(S(N)(=O)=O)cc4)C3=O)cc2)cc1. The highest BCUT2D eigenvalue weighted by Crippen LogP contribution is 2.34. The van der Waals surface area contributed by atoms with E-state index in [0.717, 1.165) is 4.90 Å². The van der Waals surface area contributed by atoms with Gasteiger partial charge < -0.3 is 15.4 Å². The number of sulfonamides is 1. The lowest BCUT2D eigenvalue weighted by atomic mass is 10.1. The van der Waals surface area contributed by atoms with E-state index >= 15 is 0 Å². The zero-order chi connectivity index (χ0) is 33.6. The van der Waals surface area contributed by atoms with Crippen molar-refractivity contribution < 1.29 is 32.3 Å². The van der Waals surface area contributed by atoms with Crippen molar-refractivity contribution in [1.82, 2.24) is 5.32 Å². The predicted octanol–water partition coefficient (Wildman–Crippen LogP) is 4.57. The van der Waals surface area contributed by atoms with Gasteiger partial charge in [-0.15, -0.1) is 11.8 Å². The summed E-state index contributed by atoms with van der Waals surface area (Å²) < 4.78 is 28.6. The number of benzene rings is 4. The number of thioether (sulfide) groups is 1. The first-order valence-corrected chi connectivity index (χ1v) is 16.8. The van der Waals surface area contributed by atoms with Crippen LogP contribution in [0.25, 0.3) is 6.08 Å². The van der Waals surface area contributed by atoms with E-state index < -0.39 is 38.9 Å². The van der Waals surface area contributed by atoms with E-state index in [1.165, 1.54) is 36.0 Å². The first-order valence-electron chi connectivity index (χ1n) is 14.4. The maximum Gasteiger partial charge on any atom is 0.272 e. The molecular formula is C34H30N4O7S2. The van der Waals surface area contributed by atoms with Crippen molar-refractivity contribution in [2.24, 2.45) is 5.14 Å². The van der Waals surface area contributed by atoms with Crippen LogP contribution in [0.2, 0.25) is 0 Å². The molecule has 0 saturated carbocycles. The van der Waals surface area contributed by atoms with Crippen molar-refractivity contribution in [3.63, 3.8) is 0 Å². The lowest BCUT2D eigenvalue weighted by Crippen LogP contribution is -2.31. The number of anilines is 2. The minimum absolute atomic E-state index is 0.0220. The fourth-order valence-electron chi connectivity index (χ4n) is 4.67. The Morgan fingerprint density at radius 1 is 0.936 bits per heavy atom. The second-order valence-electron chi connectivity index (χ2n) is 10.3. The highest BCUT2D eigenvalue weighted by molar-refractivity contribution is 8.00. The molecule has 1 unspecified atom stereocenters. The van der Waals surface area contributed by atoms with Crippen LogP contribution in [0.5, 0.6) is 5.75 Å². The molecule has 4 N–H and O–H groups in total. The molecule has 13 heteroatoms. The fourth-order valence-corrected chi connectivity index (χ4v) is 6.24. The van der Waals surface area contributed by atoms with Crippen LogP contribution in [0.3, 0.4) is 0 Å². The van der Waals surface area contributed by atoms with Gasteiger partial charge in [0.05, 0.1) is 22.4 Å². The van der Waals surface area contributed by atoms with E-state index in [1.807, 2.05) is 6.92 Å². The Balaban J connectivity index is 1.27. The van der Waals surface area contributed by atoms with Crippen molar-refractivity contribution >= 4 is 62.9 Å². The average molecular weight is 671 g/mol. The molecule has 0 bridgehead atoms. The summed E-state index contributed by atoms with van der Waals surface area (Å²) in [6.07, 6.45) is 1.52. The van der Waals surface area contributed by atoms with Gasteiger partial charge in [0.25, 0.3) is 11.8 Å². The molecule has 0 aliphatic carbocycles. The van der Waals surface area contributed by atoms with Gasteiger partial charge in [-0.05, 0) is 91.4 Å². The summed E-state index contributed by atoms with van der Waals surface area (Å²) in [5.41, 5.74) is 1.77. The highest BCUT2D eigenvalue weighted by Gasteiger charge is 2.40. The maximum atomic E-state index is 13.4. The van der Waals surface area contributed by atoms with Gasteiger partial charge in [0.15, 0.2) is 0 Å². The molecule has 1 aliphatic heterocycles. The summed E-state index contributed by atoms with van der Waals surface area (Å²) in [5, 5.41) is 9.94. The smallest absolute Gasteiger partial charge is 0.272 e. The summed E-state index contributed by atoms with van der Waals surface area (Å²) in [5.74, 6) is -1.17. The van der Waals surface area contributed by atoms with Crippen molar-refractivity contribution in [3.05, 3.63) is 120 Å². The summed E-state index contributed by atoms with van der Waals surface area (Å²) in [6.45, 7) is 2.40. The number of nitrogens with two attached hydrogens (primary N) is 1. The van der Waals surface area contributed by atoms with Crippen molar-refractivity contribution in [3.8, 4) is 5.75 Å². The molecule has 1 aliphatic rings. The Labute approximate surface area is 275 Å². The second kappa shape index (κ2) is 14.5. The van der Waals surface area contributed by atoms with Crippen LogP contribution in [0, 0.1) is 0 Å². The minimum atomic E-state index is -3.92. The molecule has 5 rings (SSSR count). The Hall–Kier alpha value is -5.24. The van der Waals surface area contributed by atoms with E-state index in [-0.39, 0.29) is 22.7 Å². The summed E-state index contributed by atoms with van der Waals surface area (Å²) in [7, 11) is -3.92. The molecule has 4 amide bonds. The molecule has 4 aromatic carbocycles. The van der Waals surface area contributed by atoms with E-state index in [0.29, 0.717) is 34.1 Å². The van der Waals surface area contributed by atoms with Crippen molar-refractivity contribution in [2.45, 2.75) is 28.4 Å². The molecule has 240 valence electrons. The molecule has 0 spiro atoms. The van der Waals surface area contributed by atoms with Crippen LogP contribution in [0.4, 0.5) is 11.4 Å². The van der Waals surface area contributed by atoms with Gasteiger partial charge in [-0.25, -0.2) is 18.5 Å². The van der Waals surface area contributed by atoms with Crippen LogP contribution in [-0.4, -0.2) is 43.9 Å². The molecule has 0 radical (unpaired) electrons. The van der Waals surface area contributed by atoms with Gasteiger partial charge in [0.2, 0.25) is 21.8 Å². The van der Waals surface area contributed by atoms with E-state index in [9.17, 15) is 27.6 Å². The number of primary sulfonamides is 1. The first-order chi connectivity index (χ1) is 22.5. The lowest BCUT2D eigenvalue weighted by molar-refractivity contribution is -0.121. The monoisotopic (exact) mass is 670 g/mol. The van der Waals surface area contributed by atoms with Crippen LogP contribution < -0.4 is 25.4 Å². The van der Waals surface area contributed by atoms with E-state index in [4.69, 9.17) is 9.88 Å². The van der Waals surface area contributed by atoms with Gasteiger partial charge in [0.1, 0.15) is 11.4 Å². The van der Waals surface area contributed by atoms with Crippen LogP contribution in [0.15, 0.2) is 119 Å². The van der Waals surface area contributed by atoms with Crippen molar-refractivity contribution in [1.29, 1.82) is 0 Å². The molecule has 1 atom stereocenters. The van der Waals surface area contributed by atoms with Crippen molar-refractivity contribution in [2.75, 3.05) is 16.8 Å². The second-order valence-corrected chi connectivity index (χ2v) is 13.1. The van der Waals surface area contributed by atoms with E-state index in [2.05, 4.69) is 10.6 Å². The molecular weight excluding hydrogens is 641 g/mol. The number of ether oxygens (including phenoxy) is 1. The zero-order valence-electron chi connectivity index (χ0n) is 25.1. The number of carbonyl (C=O) groups is 4. The van der Waals surface area contributed by atoms with Crippen LogP contribution >= 0.6 is 11.8 Å². The number of nitrogens with zero attached hydrogens (tertiary/aromatic N) is 1. The number of hydrogen-bond acceptors (Lipinski definition) is 8. The number of amides is 4. The van der Waals surface area contributed by atoms with Crippen LogP contribution in [-0.2, 0) is 24.4 Å².